The third-order valence-electron chi connectivity index (χ3n) is 4.45. The van der Waals surface area contributed by atoms with Gasteiger partial charge in [0, 0.05) is 12.2 Å². The number of sulfonamides is 1. The van der Waals surface area contributed by atoms with Gasteiger partial charge in [0.1, 0.15) is 0 Å². The highest BCUT2D eigenvalue weighted by atomic mass is 32.2. The molecule has 1 heterocycles. The minimum Gasteiger partial charge on any atom is -0.466 e. The Hall–Kier alpha value is -1.97. The first-order valence-electron chi connectivity index (χ1n) is 8.56. The van der Waals surface area contributed by atoms with E-state index in [1.807, 2.05) is 4.90 Å². The van der Waals surface area contributed by atoms with Crippen LogP contribution in [0.5, 0.6) is 0 Å². The third-order valence-corrected chi connectivity index (χ3v) is 5.38. The van der Waals surface area contributed by atoms with Gasteiger partial charge in [0.2, 0.25) is 15.9 Å². The molecule has 3 N–H and O–H groups in total. The van der Waals surface area contributed by atoms with E-state index in [9.17, 15) is 18.0 Å². The largest absolute Gasteiger partial charge is 0.466 e. The first-order valence-corrected chi connectivity index (χ1v) is 10.1. The number of hydrogen-bond donors (Lipinski definition) is 2. The Morgan fingerprint density at radius 1 is 1.35 bits per heavy atom. The van der Waals surface area contributed by atoms with Crippen LogP contribution in [0, 0.1) is 5.92 Å². The minimum atomic E-state index is -3.77. The number of amides is 1. The van der Waals surface area contributed by atoms with Crippen molar-refractivity contribution in [1.82, 2.24) is 4.90 Å². The molecule has 1 aliphatic rings. The molecule has 1 aromatic carbocycles. The number of ether oxygens (including phenoxy) is 1. The fourth-order valence-electron chi connectivity index (χ4n) is 2.95. The smallest absolute Gasteiger partial charge is 0.310 e. The van der Waals surface area contributed by atoms with Crippen molar-refractivity contribution in [2.24, 2.45) is 11.1 Å². The topological polar surface area (TPSA) is 119 Å². The van der Waals surface area contributed by atoms with E-state index >= 15 is 0 Å². The Labute approximate surface area is 153 Å². The molecule has 0 aromatic heterocycles. The molecule has 0 bridgehead atoms. The van der Waals surface area contributed by atoms with Gasteiger partial charge in [0.15, 0.2) is 0 Å². The molecule has 1 fully saturated rings. The predicted octanol–water partition coefficient (Wildman–Crippen LogP) is 0.936. The quantitative estimate of drug-likeness (QED) is 0.706. The molecule has 0 spiro atoms. The number of likely N-dealkylation sites (tertiary alicyclic amines) is 1. The Kier molecular flexibility index (Phi) is 6.74. The molecule has 1 aliphatic heterocycles. The molecule has 144 valence electrons. The standard InChI is InChI=1S/C17H25N3O5S/c1-3-25-17(22)13-5-4-10-20(11-13)12(2)16(21)19-14-6-8-15(9-7-14)26(18,23)24/h6-9,12-13H,3-5,10-11H2,1-2H3,(H,19,21)(H2,18,23,24)/t12-,13+/m0/s1. The number of hydrogen-bond acceptors (Lipinski definition) is 6. The number of carbonyl (C=O) groups is 2. The van der Waals surface area contributed by atoms with Gasteiger partial charge in [0.05, 0.1) is 23.5 Å². The zero-order chi connectivity index (χ0) is 19.3. The molecule has 1 saturated heterocycles. The van der Waals surface area contributed by atoms with E-state index in [1.54, 1.807) is 13.8 Å². The summed E-state index contributed by atoms with van der Waals surface area (Å²) in [5.41, 5.74) is 0.480. The van der Waals surface area contributed by atoms with Gasteiger partial charge in [-0.3, -0.25) is 14.5 Å². The highest BCUT2D eigenvalue weighted by Gasteiger charge is 2.31. The molecule has 0 aliphatic carbocycles. The Bertz CT molecular complexity index is 748. The van der Waals surface area contributed by atoms with Crippen molar-refractivity contribution in [3.63, 3.8) is 0 Å². The molecule has 0 unspecified atom stereocenters. The fraction of sp³-hybridized carbons (Fsp3) is 0.529. The van der Waals surface area contributed by atoms with E-state index in [0.29, 0.717) is 18.8 Å². The van der Waals surface area contributed by atoms with Crippen molar-refractivity contribution in [3.05, 3.63) is 24.3 Å². The Morgan fingerprint density at radius 3 is 2.58 bits per heavy atom. The lowest BCUT2D eigenvalue weighted by atomic mass is 9.97. The molecule has 1 aromatic rings. The molecule has 26 heavy (non-hydrogen) atoms. The maximum absolute atomic E-state index is 12.5. The van der Waals surface area contributed by atoms with Crippen LogP contribution < -0.4 is 10.5 Å². The molecule has 1 amide bonds. The van der Waals surface area contributed by atoms with E-state index in [-0.39, 0.29) is 22.7 Å². The second kappa shape index (κ2) is 8.61. The van der Waals surface area contributed by atoms with Crippen LogP contribution >= 0.6 is 0 Å². The summed E-state index contributed by atoms with van der Waals surface area (Å²) in [6, 6.07) is 5.23. The number of benzene rings is 1. The molecule has 0 saturated carbocycles. The monoisotopic (exact) mass is 383 g/mol. The maximum Gasteiger partial charge on any atom is 0.310 e. The summed E-state index contributed by atoms with van der Waals surface area (Å²) in [6.07, 6.45) is 1.59. The fourth-order valence-corrected chi connectivity index (χ4v) is 3.47. The highest BCUT2D eigenvalue weighted by Crippen LogP contribution is 2.21. The van der Waals surface area contributed by atoms with Gasteiger partial charge in [-0.25, -0.2) is 13.6 Å². The first kappa shape index (κ1) is 20.3. The number of rotatable bonds is 6. The minimum absolute atomic E-state index is 0.0168. The number of primary sulfonamides is 1. The maximum atomic E-state index is 12.5. The normalized spacial score (nSPS) is 19.6. The van der Waals surface area contributed by atoms with Crippen molar-refractivity contribution in [1.29, 1.82) is 0 Å². The van der Waals surface area contributed by atoms with Crippen LogP contribution in [0.3, 0.4) is 0 Å². The van der Waals surface area contributed by atoms with Crippen LogP contribution in [-0.4, -0.2) is 50.9 Å². The Balaban J connectivity index is 1.97. The van der Waals surface area contributed by atoms with Crippen molar-refractivity contribution in [3.8, 4) is 0 Å². The summed E-state index contributed by atoms with van der Waals surface area (Å²) in [5.74, 6) is -0.658. The lowest BCUT2D eigenvalue weighted by molar-refractivity contribution is -0.150. The van der Waals surface area contributed by atoms with Crippen LogP contribution in [-0.2, 0) is 24.3 Å². The number of piperidine rings is 1. The van der Waals surface area contributed by atoms with Gasteiger partial charge >= 0.3 is 5.97 Å². The third kappa shape index (κ3) is 5.26. The Morgan fingerprint density at radius 2 is 2.00 bits per heavy atom. The van der Waals surface area contributed by atoms with Crippen molar-refractivity contribution >= 4 is 27.6 Å². The van der Waals surface area contributed by atoms with Crippen molar-refractivity contribution in [2.75, 3.05) is 25.0 Å². The summed E-state index contributed by atoms with van der Waals surface area (Å²) < 4.78 is 27.6. The van der Waals surface area contributed by atoms with Crippen LogP contribution in [0.2, 0.25) is 0 Å². The van der Waals surface area contributed by atoms with Crippen molar-refractivity contribution in [2.45, 2.75) is 37.6 Å². The summed E-state index contributed by atoms with van der Waals surface area (Å²) in [5, 5.41) is 7.81. The number of carbonyl (C=O) groups excluding carboxylic acids is 2. The number of nitrogens with one attached hydrogen (secondary N) is 1. The van der Waals surface area contributed by atoms with Gasteiger partial charge in [0.25, 0.3) is 0 Å². The second-order valence-corrected chi connectivity index (χ2v) is 7.88. The van der Waals surface area contributed by atoms with Crippen molar-refractivity contribution < 1.29 is 22.7 Å². The van der Waals surface area contributed by atoms with E-state index in [1.165, 1.54) is 24.3 Å². The summed E-state index contributed by atoms with van der Waals surface area (Å²) >= 11 is 0. The molecule has 2 atom stereocenters. The summed E-state index contributed by atoms with van der Waals surface area (Å²) in [7, 11) is -3.77. The molecule has 9 heteroatoms. The van der Waals surface area contributed by atoms with Crippen LogP contribution in [0.1, 0.15) is 26.7 Å². The molecular formula is C17H25N3O5S. The second-order valence-electron chi connectivity index (χ2n) is 6.32. The van der Waals surface area contributed by atoms with Gasteiger partial charge in [-0.05, 0) is 57.5 Å². The SMILES string of the molecule is CCOC(=O)[C@@H]1CCCN([C@@H](C)C(=O)Nc2ccc(S(N)(=O)=O)cc2)C1. The van der Waals surface area contributed by atoms with Gasteiger partial charge in [-0.2, -0.15) is 0 Å². The van der Waals surface area contributed by atoms with E-state index in [0.717, 1.165) is 19.4 Å². The number of anilines is 1. The van der Waals surface area contributed by atoms with Crippen LogP contribution in [0.25, 0.3) is 0 Å². The lowest BCUT2D eigenvalue weighted by Crippen LogP contribution is -2.48. The number of nitrogens with two attached hydrogens (primary N) is 1. The van der Waals surface area contributed by atoms with Gasteiger partial charge in [-0.15, -0.1) is 0 Å². The molecule has 8 nitrogen and oxygen atoms in total. The summed E-state index contributed by atoms with van der Waals surface area (Å²) in [4.78, 5) is 26.4. The molecule has 0 radical (unpaired) electrons. The number of nitrogens with zero attached hydrogens (tertiary/aromatic N) is 1. The zero-order valence-corrected chi connectivity index (χ0v) is 15.8. The van der Waals surface area contributed by atoms with Gasteiger partial charge in [-0.1, -0.05) is 0 Å². The van der Waals surface area contributed by atoms with E-state index in [2.05, 4.69) is 5.32 Å². The highest BCUT2D eigenvalue weighted by molar-refractivity contribution is 7.89. The average molecular weight is 383 g/mol. The first-order chi connectivity index (χ1) is 12.2. The predicted molar refractivity (Wildman–Crippen MR) is 96.8 cm³/mol. The lowest BCUT2D eigenvalue weighted by Gasteiger charge is -2.35. The molecule has 2 rings (SSSR count). The molecular weight excluding hydrogens is 358 g/mol. The van der Waals surface area contributed by atoms with E-state index in [4.69, 9.17) is 9.88 Å². The number of esters is 1. The van der Waals surface area contributed by atoms with E-state index < -0.39 is 16.1 Å². The van der Waals surface area contributed by atoms with Crippen LogP contribution in [0.15, 0.2) is 29.2 Å². The van der Waals surface area contributed by atoms with Gasteiger partial charge < -0.3 is 10.1 Å². The van der Waals surface area contributed by atoms with Crippen LogP contribution in [0.4, 0.5) is 5.69 Å². The zero-order valence-electron chi connectivity index (χ0n) is 15.0. The summed E-state index contributed by atoms with van der Waals surface area (Å²) in [6.45, 7) is 5.11. The average Bonchev–Trinajstić information content (AvgIpc) is 2.61.